The van der Waals surface area contributed by atoms with E-state index in [4.69, 9.17) is 22.7 Å². The van der Waals surface area contributed by atoms with Gasteiger partial charge in [0.2, 0.25) is 0 Å². The third-order valence-corrected chi connectivity index (χ3v) is 3.91. The number of pyridine rings is 1. The third-order valence-electron chi connectivity index (χ3n) is 3.67. The molecule has 1 saturated heterocycles. The molecule has 21 heavy (non-hydrogen) atoms. The van der Waals surface area contributed by atoms with Crippen LogP contribution in [0.1, 0.15) is 23.0 Å². The molecule has 0 aromatic carbocycles. The van der Waals surface area contributed by atoms with Crippen molar-refractivity contribution in [2.45, 2.75) is 6.92 Å². The molecule has 1 aliphatic rings. The summed E-state index contributed by atoms with van der Waals surface area (Å²) in [5.41, 5.74) is 6.42. The second-order valence-electron chi connectivity index (χ2n) is 5.11. The van der Waals surface area contributed by atoms with Crippen LogP contribution in [0.25, 0.3) is 0 Å². The highest BCUT2D eigenvalue weighted by molar-refractivity contribution is 7.80. The summed E-state index contributed by atoms with van der Waals surface area (Å²) < 4.78 is 4.76. The Morgan fingerprint density at radius 1 is 1.43 bits per heavy atom. The predicted molar refractivity (Wildman–Crippen MR) is 80.7 cm³/mol. The average Bonchev–Trinajstić information content (AvgIpc) is 2.87. The van der Waals surface area contributed by atoms with E-state index in [1.54, 1.807) is 17.0 Å². The number of aromatic nitrogens is 1. The van der Waals surface area contributed by atoms with E-state index in [9.17, 15) is 9.59 Å². The van der Waals surface area contributed by atoms with E-state index in [0.29, 0.717) is 24.3 Å². The van der Waals surface area contributed by atoms with E-state index < -0.39 is 0 Å². The van der Waals surface area contributed by atoms with E-state index in [2.05, 4.69) is 4.98 Å². The summed E-state index contributed by atoms with van der Waals surface area (Å²) in [7, 11) is 1.36. The van der Waals surface area contributed by atoms with Gasteiger partial charge in [0.15, 0.2) is 0 Å². The van der Waals surface area contributed by atoms with Gasteiger partial charge in [-0.3, -0.25) is 14.6 Å². The van der Waals surface area contributed by atoms with Gasteiger partial charge in [0, 0.05) is 24.8 Å². The molecule has 2 unspecified atom stereocenters. The summed E-state index contributed by atoms with van der Waals surface area (Å²) in [5, 5.41) is 0. The van der Waals surface area contributed by atoms with Crippen molar-refractivity contribution in [2.75, 3.05) is 20.2 Å². The molecule has 2 heterocycles. The topological polar surface area (TPSA) is 85.5 Å². The Kier molecular flexibility index (Phi) is 4.52. The number of thiocarbonyl (C=S) groups is 1. The molecule has 2 N–H and O–H groups in total. The van der Waals surface area contributed by atoms with E-state index in [0.717, 1.165) is 0 Å². The fourth-order valence-electron chi connectivity index (χ4n) is 2.42. The molecule has 112 valence electrons. The van der Waals surface area contributed by atoms with Crippen LogP contribution in [0.15, 0.2) is 18.3 Å². The van der Waals surface area contributed by atoms with Crippen LogP contribution in [0.4, 0.5) is 0 Å². The van der Waals surface area contributed by atoms with E-state index in [-0.39, 0.29) is 28.7 Å². The maximum absolute atomic E-state index is 12.4. The highest BCUT2D eigenvalue weighted by Crippen LogP contribution is 2.25. The number of esters is 1. The molecule has 0 saturated carbocycles. The zero-order valence-electron chi connectivity index (χ0n) is 11.9. The Morgan fingerprint density at radius 2 is 2.14 bits per heavy atom. The lowest BCUT2D eigenvalue weighted by atomic mass is 9.99. The first-order chi connectivity index (χ1) is 9.93. The lowest BCUT2D eigenvalue weighted by Crippen LogP contribution is -2.30. The zero-order chi connectivity index (χ0) is 15.6. The number of amides is 1. The molecule has 1 aromatic rings. The van der Waals surface area contributed by atoms with Gasteiger partial charge in [-0.05, 0) is 18.1 Å². The highest BCUT2D eigenvalue weighted by Gasteiger charge is 2.38. The monoisotopic (exact) mass is 307 g/mol. The molecule has 2 atom stereocenters. The minimum Gasteiger partial charge on any atom is -0.469 e. The van der Waals surface area contributed by atoms with Gasteiger partial charge in [0.25, 0.3) is 5.91 Å². The first-order valence-corrected chi connectivity index (χ1v) is 6.97. The maximum atomic E-state index is 12.4. The van der Waals surface area contributed by atoms with Gasteiger partial charge < -0.3 is 15.4 Å². The Bertz CT molecular complexity index is 573. The van der Waals surface area contributed by atoms with Crippen molar-refractivity contribution in [1.82, 2.24) is 9.88 Å². The van der Waals surface area contributed by atoms with Crippen LogP contribution < -0.4 is 5.73 Å². The number of nitrogens with zero attached hydrogens (tertiary/aromatic N) is 2. The Morgan fingerprint density at radius 3 is 2.67 bits per heavy atom. The Balaban J connectivity index is 2.10. The van der Waals surface area contributed by atoms with Crippen LogP contribution in [-0.4, -0.2) is 46.9 Å². The standard InChI is InChI=1S/C14H17N3O3S/c1-8-6-17(7-10(8)14(19)20-2)13(18)11-4-3-9(5-16-11)12(15)21/h3-5,8,10H,6-7H2,1-2H3,(H2,15,21). The molecule has 1 aromatic heterocycles. The predicted octanol–water partition coefficient (Wildman–Crippen LogP) is 0.597. The molecule has 1 fully saturated rings. The molecule has 6 nitrogen and oxygen atoms in total. The summed E-state index contributed by atoms with van der Waals surface area (Å²) in [4.78, 5) is 30.0. The second-order valence-corrected chi connectivity index (χ2v) is 5.55. The van der Waals surface area contributed by atoms with Gasteiger partial charge in [0.05, 0.1) is 13.0 Å². The number of carbonyl (C=O) groups excluding carboxylic acids is 2. The normalized spacial score (nSPS) is 21.1. The van der Waals surface area contributed by atoms with Crippen molar-refractivity contribution < 1.29 is 14.3 Å². The molecule has 1 aliphatic heterocycles. The minimum atomic E-state index is -0.283. The summed E-state index contributed by atoms with van der Waals surface area (Å²) in [5.74, 6) is -0.704. The van der Waals surface area contributed by atoms with Crippen LogP contribution in [0.5, 0.6) is 0 Å². The number of ether oxygens (including phenoxy) is 1. The maximum Gasteiger partial charge on any atom is 0.310 e. The van der Waals surface area contributed by atoms with Gasteiger partial charge in [-0.15, -0.1) is 0 Å². The number of hydrogen-bond donors (Lipinski definition) is 1. The van der Waals surface area contributed by atoms with Crippen LogP contribution in [-0.2, 0) is 9.53 Å². The van der Waals surface area contributed by atoms with Gasteiger partial charge in [-0.1, -0.05) is 19.1 Å². The summed E-state index contributed by atoms with van der Waals surface area (Å²) in [6, 6.07) is 3.26. The van der Waals surface area contributed by atoms with Crippen molar-refractivity contribution in [3.05, 3.63) is 29.6 Å². The van der Waals surface area contributed by atoms with E-state index in [1.807, 2.05) is 6.92 Å². The molecule has 2 rings (SSSR count). The number of nitrogens with two attached hydrogens (primary N) is 1. The van der Waals surface area contributed by atoms with Crippen LogP contribution in [0.2, 0.25) is 0 Å². The fourth-order valence-corrected chi connectivity index (χ4v) is 2.54. The number of rotatable bonds is 3. The molecule has 7 heteroatoms. The quantitative estimate of drug-likeness (QED) is 0.650. The van der Waals surface area contributed by atoms with Crippen molar-refractivity contribution in [3.63, 3.8) is 0 Å². The largest absolute Gasteiger partial charge is 0.469 e. The van der Waals surface area contributed by atoms with Crippen molar-refractivity contribution >= 4 is 29.1 Å². The molecular weight excluding hydrogens is 290 g/mol. The minimum absolute atomic E-state index is 0.0669. The first kappa shape index (κ1) is 15.4. The van der Waals surface area contributed by atoms with Crippen molar-refractivity contribution in [1.29, 1.82) is 0 Å². The molecule has 0 aliphatic carbocycles. The van der Waals surface area contributed by atoms with Gasteiger partial charge in [-0.2, -0.15) is 0 Å². The van der Waals surface area contributed by atoms with Gasteiger partial charge in [0.1, 0.15) is 10.7 Å². The number of methoxy groups -OCH3 is 1. The van der Waals surface area contributed by atoms with Crippen LogP contribution in [0, 0.1) is 11.8 Å². The summed E-state index contributed by atoms with van der Waals surface area (Å²) in [6.07, 6.45) is 1.48. The molecule has 0 spiro atoms. The molecule has 0 bridgehead atoms. The van der Waals surface area contributed by atoms with Crippen LogP contribution in [0.3, 0.4) is 0 Å². The molecular formula is C14H17N3O3S. The summed E-state index contributed by atoms with van der Waals surface area (Å²) in [6.45, 7) is 2.79. The smallest absolute Gasteiger partial charge is 0.310 e. The molecule has 1 amide bonds. The lowest BCUT2D eigenvalue weighted by Gasteiger charge is -2.15. The number of hydrogen-bond acceptors (Lipinski definition) is 5. The Hall–Kier alpha value is -2.02. The second kappa shape index (κ2) is 6.17. The van der Waals surface area contributed by atoms with E-state index in [1.165, 1.54) is 13.3 Å². The number of likely N-dealkylation sites (tertiary alicyclic amines) is 1. The van der Waals surface area contributed by atoms with Crippen molar-refractivity contribution in [3.8, 4) is 0 Å². The zero-order valence-corrected chi connectivity index (χ0v) is 12.7. The van der Waals surface area contributed by atoms with Crippen molar-refractivity contribution in [2.24, 2.45) is 17.6 Å². The molecule has 0 radical (unpaired) electrons. The number of carbonyl (C=O) groups is 2. The summed E-state index contributed by atoms with van der Waals surface area (Å²) >= 11 is 4.84. The fraction of sp³-hybridized carbons (Fsp3) is 0.429. The van der Waals surface area contributed by atoms with Crippen LogP contribution >= 0.6 is 12.2 Å². The SMILES string of the molecule is COC(=O)C1CN(C(=O)c2ccc(C(N)=S)cn2)CC1C. The first-order valence-electron chi connectivity index (χ1n) is 6.57. The lowest BCUT2D eigenvalue weighted by molar-refractivity contribution is -0.146. The van der Waals surface area contributed by atoms with Gasteiger partial charge >= 0.3 is 5.97 Å². The third kappa shape index (κ3) is 3.18. The Labute approximate surface area is 128 Å². The van der Waals surface area contributed by atoms with Gasteiger partial charge in [-0.25, -0.2) is 0 Å². The average molecular weight is 307 g/mol. The highest BCUT2D eigenvalue weighted by atomic mass is 32.1. The van der Waals surface area contributed by atoms with E-state index >= 15 is 0 Å².